The van der Waals surface area contributed by atoms with Crippen LogP contribution in [0.4, 0.5) is 5.82 Å². The van der Waals surface area contributed by atoms with E-state index in [1.165, 1.54) is 10.7 Å². The smallest absolute Gasteiger partial charge is 0.269 e. The van der Waals surface area contributed by atoms with Crippen LogP contribution in [-0.4, -0.2) is 26.6 Å². The molecule has 154 valence electrons. The van der Waals surface area contributed by atoms with Crippen molar-refractivity contribution in [1.82, 2.24) is 14.8 Å². The number of nitrogens with zero attached hydrogens (tertiary/aromatic N) is 3. The van der Waals surface area contributed by atoms with Crippen molar-refractivity contribution in [2.45, 2.75) is 0 Å². The van der Waals surface area contributed by atoms with E-state index in [9.17, 15) is 9.59 Å². The van der Waals surface area contributed by atoms with Crippen molar-refractivity contribution in [3.05, 3.63) is 94.2 Å². The molecule has 0 bridgehead atoms. The van der Waals surface area contributed by atoms with Crippen molar-refractivity contribution < 1.29 is 9.59 Å². The first kappa shape index (κ1) is 20.6. The SMILES string of the molecule is NC(=O)c1cc(NC(=O)c2cc(-c3ncccc3Cl)ccc2Cl)n(-c2ccccc2)n1. The Morgan fingerprint density at radius 3 is 2.42 bits per heavy atom. The van der Waals surface area contributed by atoms with Gasteiger partial charge < -0.3 is 11.1 Å². The number of anilines is 1. The van der Waals surface area contributed by atoms with Gasteiger partial charge in [0.1, 0.15) is 5.82 Å². The number of rotatable bonds is 5. The summed E-state index contributed by atoms with van der Waals surface area (Å²) in [6.45, 7) is 0. The van der Waals surface area contributed by atoms with Crippen LogP contribution in [0.2, 0.25) is 10.0 Å². The number of aromatic nitrogens is 3. The molecule has 4 rings (SSSR count). The number of para-hydroxylation sites is 1. The molecule has 31 heavy (non-hydrogen) atoms. The number of nitrogens with one attached hydrogen (secondary N) is 1. The normalized spacial score (nSPS) is 10.6. The van der Waals surface area contributed by atoms with Crippen LogP contribution < -0.4 is 11.1 Å². The monoisotopic (exact) mass is 451 g/mol. The molecule has 0 aliphatic rings. The molecule has 0 aliphatic carbocycles. The number of pyridine rings is 1. The molecule has 7 nitrogen and oxygen atoms in total. The maximum absolute atomic E-state index is 13.1. The molecular weight excluding hydrogens is 437 g/mol. The zero-order valence-corrected chi connectivity index (χ0v) is 17.4. The number of carbonyl (C=O) groups excluding carboxylic acids is 2. The van der Waals surface area contributed by atoms with Gasteiger partial charge in [-0.25, -0.2) is 4.68 Å². The zero-order chi connectivity index (χ0) is 22.0. The van der Waals surface area contributed by atoms with Gasteiger partial charge in [-0.3, -0.25) is 14.6 Å². The van der Waals surface area contributed by atoms with Crippen molar-refractivity contribution >= 4 is 40.8 Å². The molecule has 3 N–H and O–H groups in total. The lowest BCUT2D eigenvalue weighted by atomic mass is 10.1. The van der Waals surface area contributed by atoms with E-state index >= 15 is 0 Å². The van der Waals surface area contributed by atoms with E-state index in [0.717, 1.165) is 0 Å². The molecule has 2 amide bonds. The summed E-state index contributed by atoms with van der Waals surface area (Å²) in [4.78, 5) is 29.0. The Morgan fingerprint density at radius 2 is 1.71 bits per heavy atom. The fourth-order valence-corrected chi connectivity index (χ4v) is 3.42. The van der Waals surface area contributed by atoms with Gasteiger partial charge in [0.15, 0.2) is 5.69 Å². The summed E-state index contributed by atoms with van der Waals surface area (Å²) in [5.41, 5.74) is 7.40. The summed E-state index contributed by atoms with van der Waals surface area (Å²) < 4.78 is 1.42. The summed E-state index contributed by atoms with van der Waals surface area (Å²) in [6.07, 6.45) is 1.61. The van der Waals surface area contributed by atoms with Gasteiger partial charge in [-0.15, -0.1) is 0 Å². The lowest BCUT2D eigenvalue weighted by Crippen LogP contribution is -2.16. The van der Waals surface area contributed by atoms with E-state index in [4.69, 9.17) is 28.9 Å². The van der Waals surface area contributed by atoms with Gasteiger partial charge in [0.25, 0.3) is 11.8 Å². The molecule has 0 unspecified atom stereocenters. The van der Waals surface area contributed by atoms with Crippen molar-refractivity contribution in [3.63, 3.8) is 0 Å². The third-order valence-electron chi connectivity index (χ3n) is 4.45. The molecule has 0 atom stereocenters. The van der Waals surface area contributed by atoms with Gasteiger partial charge in [0.05, 0.1) is 27.0 Å². The molecule has 0 fully saturated rings. The molecule has 9 heteroatoms. The summed E-state index contributed by atoms with van der Waals surface area (Å²) in [7, 11) is 0. The highest BCUT2D eigenvalue weighted by Gasteiger charge is 2.19. The Hall–Kier alpha value is -3.68. The number of halogens is 2. The summed E-state index contributed by atoms with van der Waals surface area (Å²) in [5, 5.41) is 7.64. The van der Waals surface area contributed by atoms with Crippen LogP contribution in [0.5, 0.6) is 0 Å². The van der Waals surface area contributed by atoms with Crippen LogP contribution in [0.3, 0.4) is 0 Å². The standard InChI is InChI=1S/C22H15Cl2N5O2/c23-16-9-8-13(20-17(24)7-4-10-26-20)11-15(16)22(31)27-19-12-18(21(25)30)28-29(19)14-5-2-1-3-6-14/h1-12H,(H2,25,30)(H,27,31). The van der Waals surface area contributed by atoms with Crippen LogP contribution in [0, 0.1) is 0 Å². The third-order valence-corrected chi connectivity index (χ3v) is 5.08. The average molecular weight is 452 g/mol. The number of primary amides is 1. The first-order chi connectivity index (χ1) is 14.9. The van der Waals surface area contributed by atoms with Gasteiger partial charge in [0, 0.05) is 17.8 Å². The van der Waals surface area contributed by atoms with Gasteiger partial charge in [0.2, 0.25) is 0 Å². The highest BCUT2D eigenvalue weighted by Crippen LogP contribution is 2.29. The lowest BCUT2D eigenvalue weighted by Gasteiger charge is -2.11. The van der Waals surface area contributed by atoms with Crippen molar-refractivity contribution in [2.75, 3.05) is 5.32 Å². The predicted octanol–water partition coefficient (Wildman–Crippen LogP) is 4.59. The maximum Gasteiger partial charge on any atom is 0.269 e. The summed E-state index contributed by atoms with van der Waals surface area (Å²) in [5.74, 6) is -0.940. The molecule has 4 aromatic rings. The molecule has 0 spiro atoms. The fourth-order valence-electron chi connectivity index (χ4n) is 2.98. The van der Waals surface area contributed by atoms with Gasteiger partial charge in [-0.1, -0.05) is 47.5 Å². The number of hydrogen-bond donors (Lipinski definition) is 2. The van der Waals surface area contributed by atoms with Crippen molar-refractivity contribution in [3.8, 4) is 16.9 Å². The average Bonchev–Trinajstić information content (AvgIpc) is 3.19. The Kier molecular flexibility index (Phi) is 5.70. The second-order valence-electron chi connectivity index (χ2n) is 6.51. The van der Waals surface area contributed by atoms with E-state index in [1.807, 2.05) is 18.2 Å². The quantitative estimate of drug-likeness (QED) is 0.462. The number of nitrogens with two attached hydrogens (primary N) is 1. The van der Waals surface area contributed by atoms with Crippen molar-refractivity contribution in [2.24, 2.45) is 5.73 Å². The van der Waals surface area contributed by atoms with E-state index in [1.54, 1.807) is 48.7 Å². The van der Waals surface area contributed by atoms with Crippen LogP contribution in [-0.2, 0) is 0 Å². The third kappa shape index (κ3) is 4.28. The highest BCUT2D eigenvalue weighted by atomic mass is 35.5. The van der Waals surface area contributed by atoms with Crippen LogP contribution in [0.15, 0.2) is 72.9 Å². The molecule has 0 saturated heterocycles. The van der Waals surface area contributed by atoms with Crippen LogP contribution >= 0.6 is 23.2 Å². The van der Waals surface area contributed by atoms with E-state index in [2.05, 4.69) is 15.4 Å². The minimum absolute atomic E-state index is 0.0132. The zero-order valence-electron chi connectivity index (χ0n) is 15.9. The summed E-state index contributed by atoms with van der Waals surface area (Å²) >= 11 is 12.5. The highest BCUT2D eigenvalue weighted by molar-refractivity contribution is 6.35. The molecule has 0 saturated carbocycles. The molecule has 0 radical (unpaired) electrons. The van der Waals surface area contributed by atoms with Gasteiger partial charge in [-0.2, -0.15) is 5.10 Å². The summed E-state index contributed by atoms with van der Waals surface area (Å²) in [6, 6.07) is 18.8. The molecule has 2 aromatic heterocycles. The fraction of sp³-hybridized carbons (Fsp3) is 0. The topological polar surface area (TPSA) is 103 Å². The van der Waals surface area contributed by atoms with E-state index in [-0.39, 0.29) is 22.1 Å². The molecule has 2 heterocycles. The minimum atomic E-state index is -0.713. The maximum atomic E-state index is 13.1. The lowest BCUT2D eigenvalue weighted by molar-refractivity contribution is 0.0992. The van der Waals surface area contributed by atoms with E-state index < -0.39 is 11.8 Å². The number of hydrogen-bond acceptors (Lipinski definition) is 4. The Labute approximate surface area is 187 Å². The van der Waals surface area contributed by atoms with Gasteiger partial charge in [-0.05, 0) is 36.4 Å². The number of carbonyl (C=O) groups is 2. The number of amides is 2. The largest absolute Gasteiger partial charge is 0.364 e. The molecule has 0 aliphatic heterocycles. The van der Waals surface area contributed by atoms with Crippen molar-refractivity contribution in [1.29, 1.82) is 0 Å². The number of benzene rings is 2. The molecular formula is C22H15Cl2N5O2. The molecule has 2 aromatic carbocycles. The van der Waals surface area contributed by atoms with Crippen LogP contribution in [0.25, 0.3) is 16.9 Å². The first-order valence-corrected chi connectivity index (χ1v) is 9.86. The first-order valence-electron chi connectivity index (χ1n) is 9.11. The Morgan fingerprint density at radius 1 is 0.935 bits per heavy atom. The predicted molar refractivity (Wildman–Crippen MR) is 120 cm³/mol. The van der Waals surface area contributed by atoms with E-state index in [0.29, 0.717) is 22.0 Å². The minimum Gasteiger partial charge on any atom is -0.364 e. The Balaban J connectivity index is 1.72. The second-order valence-corrected chi connectivity index (χ2v) is 7.32. The van der Waals surface area contributed by atoms with Crippen LogP contribution in [0.1, 0.15) is 20.8 Å². The second kappa shape index (κ2) is 8.59. The Bertz CT molecular complexity index is 1290. The van der Waals surface area contributed by atoms with Gasteiger partial charge >= 0.3 is 0 Å².